The third-order valence-electron chi connectivity index (χ3n) is 6.29. The lowest BCUT2D eigenvalue weighted by Gasteiger charge is -2.27. The Balaban J connectivity index is 1.34. The number of carbonyl (C=O) groups is 1. The van der Waals surface area contributed by atoms with Crippen LogP contribution in [0.4, 0.5) is 0 Å². The Bertz CT molecular complexity index is 1330. The minimum absolute atomic E-state index is 0.00248. The van der Waals surface area contributed by atoms with Gasteiger partial charge in [-0.2, -0.15) is 5.10 Å². The van der Waals surface area contributed by atoms with Gasteiger partial charge in [0, 0.05) is 23.0 Å². The van der Waals surface area contributed by atoms with Gasteiger partial charge in [0.05, 0.1) is 5.71 Å². The number of nitrogens with one attached hydrogen (secondary N) is 1. The molecule has 0 aliphatic carbocycles. The number of rotatable bonds is 7. The molecule has 172 valence electrons. The number of hydrogen-bond donors (Lipinski definition) is 1. The van der Waals surface area contributed by atoms with Crippen molar-refractivity contribution in [3.05, 3.63) is 83.9 Å². The SMILES string of the molecule is CCC[C@@H]1C(=O)NN=C(c2ccc3nc(-c4ccc(OCc5ccccc5)cc4)oc3c2)C1C. The van der Waals surface area contributed by atoms with Crippen LogP contribution < -0.4 is 10.2 Å². The van der Waals surface area contributed by atoms with Crippen molar-refractivity contribution in [3.63, 3.8) is 0 Å². The van der Waals surface area contributed by atoms with Crippen LogP contribution in [0, 0.1) is 11.8 Å². The van der Waals surface area contributed by atoms with E-state index in [1.54, 1.807) is 0 Å². The second kappa shape index (κ2) is 9.51. The standard InChI is InChI=1S/C28H27N3O3/c1-3-7-23-18(2)26(30-31-27(23)32)21-12-15-24-25(16-21)34-28(29-24)20-10-13-22(14-11-20)33-17-19-8-5-4-6-9-19/h4-6,8-16,18,23H,3,7,17H2,1-2H3,(H,31,32)/t18?,23-/m0/s1. The van der Waals surface area contributed by atoms with Crippen LogP contribution in [-0.2, 0) is 11.4 Å². The number of nitrogens with zero attached hydrogens (tertiary/aromatic N) is 2. The van der Waals surface area contributed by atoms with Crippen molar-refractivity contribution < 1.29 is 13.9 Å². The molecule has 0 spiro atoms. The van der Waals surface area contributed by atoms with E-state index < -0.39 is 0 Å². The summed E-state index contributed by atoms with van der Waals surface area (Å²) in [4.78, 5) is 16.9. The average molecular weight is 454 g/mol. The van der Waals surface area contributed by atoms with Gasteiger partial charge in [0.1, 0.15) is 17.9 Å². The molecule has 2 heterocycles. The summed E-state index contributed by atoms with van der Waals surface area (Å²) in [6.45, 7) is 4.68. The van der Waals surface area contributed by atoms with Gasteiger partial charge in [-0.3, -0.25) is 4.79 Å². The molecule has 0 fully saturated rings. The Kier molecular flexibility index (Phi) is 6.12. The van der Waals surface area contributed by atoms with Crippen LogP contribution in [0.25, 0.3) is 22.6 Å². The second-order valence-corrected chi connectivity index (χ2v) is 8.66. The van der Waals surface area contributed by atoms with Crippen LogP contribution in [0.1, 0.15) is 37.8 Å². The van der Waals surface area contributed by atoms with Crippen molar-refractivity contribution in [2.24, 2.45) is 16.9 Å². The normalized spacial score (nSPS) is 17.9. The maximum absolute atomic E-state index is 12.2. The van der Waals surface area contributed by atoms with Crippen LogP contribution in [0.15, 0.2) is 82.3 Å². The van der Waals surface area contributed by atoms with E-state index in [1.807, 2.05) is 72.8 Å². The molecular weight excluding hydrogens is 426 g/mol. The Morgan fingerprint density at radius 2 is 1.76 bits per heavy atom. The third kappa shape index (κ3) is 4.44. The molecule has 1 aromatic heterocycles. The van der Waals surface area contributed by atoms with E-state index in [-0.39, 0.29) is 17.7 Å². The maximum Gasteiger partial charge on any atom is 0.243 e. The van der Waals surface area contributed by atoms with Gasteiger partial charge in [0.2, 0.25) is 11.8 Å². The largest absolute Gasteiger partial charge is 0.489 e. The molecule has 0 saturated heterocycles. The number of fused-ring (bicyclic) bond motifs is 1. The Morgan fingerprint density at radius 3 is 2.53 bits per heavy atom. The minimum atomic E-state index is -0.0684. The molecule has 1 aliphatic rings. The van der Waals surface area contributed by atoms with E-state index in [2.05, 4.69) is 29.4 Å². The van der Waals surface area contributed by atoms with Gasteiger partial charge in [-0.15, -0.1) is 0 Å². The van der Waals surface area contributed by atoms with Crippen molar-refractivity contribution in [2.75, 3.05) is 0 Å². The zero-order valence-electron chi connectivity index (χ0n) is 19.3. The fourth-order valence-electron chi connectivity index (χ4n) is 4.38. The molecule has 6 heteroatoms. The first-order chi connectivity index (χ1) is 16.6. The molecule has 4 aromatic rings. The van der Waals surface area contributed by atoms with E-state index in [9.17, 15) is 4.79 Å². The van der Waals surface area contributed by atoms with E-state index in [1.165, 1.54) is 0 Å². The summed E-state index contributed by atoms with van der Waals surface area (Å²) in [6, 6.07) is 23.7. The molecule has 1 amide bonds. The highest BCUT2D eigenvalue weighted by atomic mass is 16.5. The molecule has 3 aromatic carbocycles. The summed E-state index contributed by atoms with van der Waals surface area (Å²) < 4.78 is 12.0. The van der Waals surface area contributed by atoms with E-state index >= 15 is 0 Å². The van der Waals surface area contributed by atoms with Crippen molar-refractivity contribution in [2.45, 2.75) is 33.3 Å². The molecule has 2 atom stereocenters. The Hall–Kier alpha value is -3.93. The highest BCUT2D eigenvalue weighted by Gasteiger charge is 2.32. The number of hydrogen-bond acceptors (Lipinski definition) is 5. The van der Waals surface area contributed by atoms with Crippen LogP contribution in [0.5, 0.6) is 5.75 Å². The van der Waals surface area contributed by atoms with Crippen LogP contribution in [0.3, 0.4) is 0 Å². The quantitative estimate of drug-likeness (QED) is 0.375. The average Bonchev–Trinajstić information content (AvgIpc) is 3.30. The fraction of sp³-hybridized carbons (Fsp3) is 0.250. The van der Waals surface area contributed by atoms with Gasteiger partial charge in [-0.25, -0.2) is 10.4 Å². The topological polar surface area (TPSA) is 76.7 Å². The summed E-state index contributed by atoms with van der Waals surface area (Å²) >= 11 is 0. The van der Waals surface area contributed by atoms with Crippen molar-refractivity contribution >= 4 is 22.7 Å². The number of amides is 1. The molecular formula is C28H27N3O3. The molecule has 1 unspecified atom stereocenters. The monoisotopic (exact) mass is 453 g/mol. The molecule has 5 rings (SSSR count). The zero-order chi connectivity index (χ0) is 23.5. The molecule has 1 N–H and O–H groups in total. The van der Waals surface area contributed by atoms with Crippen molar-refractivity contribution in [1.82, 2.24) is 10.4 Å². The number of carbonyl (C=O) groups excluding carboxylic acids is 1. The predicted octanol–water partition coefficient (Wildman–Crippen LogP) is 5.96. The van der Waals surface area contributed by atoms with Gasteiger partial charge in [-0.05, 0) is 48.4 Å². The lowest BCUT2D eigenvalue weighted by atomic mass is 9.82. The summed E-state index contributed by atoms with van der Waals surface area (Å²) in [5.74, 6) is 1.31. The van der Waals surface area contributed by atoms with E-state index in [4.69, 9.17) is 9.15 Å². The fourth-order valence-corrected chi connectivity index (χ4v) is 4.38. The number of hydrazone groups is 1. The number of ether oxygens (including phenoxy) is 1. The van der Waals surface area contributed by atoms with E-state index in [0.717, 1.165) is 46.5 Å². The highest BCUT2D eigenvalue weighted by molar-refractivity contribution is 6.07. The number of oxazole rings is 1. The van der Waals surface area contributed by atoms with Crippen LogP contribution in [0.2, 0.25) is 0 Å². The lowest BCUT2D eigenvalue weighted by Crippen LogP contribution is -2.40. The van der Waals surface area contributed by atoms with Gasteiger partial charge >= 0.3 is 0 Å². The number of benzene rings is 3. The molecule has 0 bridgehead atoms. The molecule has 6 nitrogen and oxygen atoms in total. The van der Waals surface area contributed by atoms with Gasteiger partial charge in [-0.1, -0.05) is 56.7 Å². The Labute approximate surface area is 198 Å². The molecule has 1 aliphatic heterocycles. The highest BCUT2D eigenvalue weighted by Crippen LogP contribution is 2.30. The lowest BCUT2D eigenvalue weighted by molar-refractivity contribution is -0.126. The number of aromatic nitrogens is 1. The van der Waals surface area contributed by atoms with E-state index in [0.29, 0.717) is 18.1 Å². The minimum Gasteiger partial charge on any atom is -0.489 e. The van der Waals surface area contributed by atoms with Crippen molar-refractivity contribution in [1.29, 1.82) is 0 Å². The smallest absolute Gasteiger partial charge is 0.243 e. The first-order valence-corrected chi connectivity index (χ1v) is 11.7. The molecule has 0 radical (unpaired) electrons. The van der Waals surface area contributed by atoms with Gasteiger partial charge in [0.15, 0.2) is 5.58 Å². The first-order valence-electron chi connectivity index (χ1n) is 11.7. The zero-order valence-corrected chi connectivity index (χ0v) is 19.3. The van der Waals surface area contributed by atoms with Gasteiger partial charge in [0.25, 0.3) is 0 Å². The first kappa shape index (κ1) is 21.9. The molecule has 34 heavy (non-hydrogen) atoms. The van der Waals surface area contributed by atoms with Crippen LogP contribution in [-0.4, -0.2) is 16.6 Å². The summed E-state index contributed by atoms with van der Waals surface area (Å²) in [7, 11) is 0. The maximum atomic E-state index is 12.2. The second-order valence-electron chi connectivity index (χ2n) is 8.66. The van der Waals surface area contributed by atoms with Crippen molar-refractivity contribution in [3.8, 4) is 17.2 Å². The summed E-state index contributed by atoms with van der Waals surface area (Å²) in [5, 5.41) is 4.36. The predicted molar refractivity (Wildman–Crippen MR) is 132 cm³/mol. The molecule has 0 saturated carbocycles. The van der Waals surface area contributed by atoms with Gasteiger partial charge < -0.3 is 9.15 Å². The summed E-state index contributed by atoms with van der Waals surface area (Å²) in [6.07, 6.45) is 1.79. The Morgan fingerprint density at radius 1 is 1.00 bits per heavy atom. The third-order valence-corrected chi connectivity index (χ3v) is 6.29. The van der Waals surface area contributed by atoms with Crippen LogP contribution >= 0.6 is 0 Å². The summed E-state index contributed by atoms with van der Waals surface area (Å²) in [5.41, 5.74) is 7.97.